The minimum Gasteiger partial charge on any atom is -0.364 e. The average Bonchev–Trinajstić information content (AvgIpc) is 3.69. The Labute approximate surface area is 223 Å². The molecule has 11 heteroatoms. The topological polar surface area (TPSA) is 108 Å². The number of aryl methyl sites for hydroxylation is 1. The van der Waals surface area contributed by atoms with Gasteiger partial charge in [-0.15, -0.1) is 4.98 Å². The van der Waals surface area contributed by atoms with Gasteiger partial charge in [0.25, 0.3) is 11.4 Å². The fourth-order valence-electron chi connectivity index (χ4n) is 5.40. The van der Waals surface area contributed by atoms with Gasteiger partial charge in [-0.05, 0) is 49.6 Å². The molecule has 1 unspecified atom stereocenters. The van der Waals surface area contributed by atoms with Crippen molar-refractivity contribution < 1.29 is 8.91 Å². The second-order valence-corrected chi connectivity index (χ2v) is 10.1. The molecule has 0 spiro atoms. The Balaban J connectivity index is 1.39. The third-order valence-electron chi connectivity index (χ3n) is 7.57. The van der Waals surface area contributed by atoms with Gasteiger partial charge in [-0.1, -0.05) is 23.9 Å². The molecule has 0 amide bonds. The molecule has 1 saturated carbocycles. The van der Waals surface area contributed by atoms with E-state index in [0.29, 0.717) is 54.0 Å². The molecule has 4 heterocycles. The molecule has 1 aromatic carbocycles. The Kier molecular flexibility index (Phi) is 6.09. The molecule has 10 nitrogen and oxygen atoms in total. The highest BCUT2D eigenvalue weighted by atomic mass is 19.1. The SMILES string of the molecule is [C-]#[N+]c1ccc2c(n1)c(N1CCN(C(c3ccc(F)cc3)c3nc(C4CC4)no3)[C@H](C)C1)c(C#N)c(=O)n2C. The third kappa shape index (κ3) is 4.31. The maximum atomic E-state index is 13.8. The molecule has 2 atom stereocenters. The van der Waals surface area contributed by atoms with Crippen molar-refractivity contribution in [3.8, 4) is 6.07 Å². The molecule has 196 valence electrons. The van der Waals surface area contributed by atoms with Gasteiger partial charge in [0.2, 0.25) is 11.4 Å². The van der Waals surface area contributed by atoms with Gasteiger partial charge in [0, 0.05) is 38.6 Å². The smallest absolute Gasteiger partial charge is 0.271 e. The monoisotopic (exact) mass is 524 g/mol. The van der Waals surface area contributed by atoms with Crippen molar-refractivity contribution in [1.82, 2.24) is 24.6 Å². The van der Waals surface area contributed by atoms with E-state index in [1.165, 1.54) is 16.7 Å². The van der Waals surface area contributed by atoms with Crippen molar-refractivity contribution in [2.24, 2.45) is 7.05 Å². The van der Waals surface area contributed by atoms with Crippen LogP contribution in [0.5, 0.6) is 0 Å². The highest BCUT2D eigenvalue weighted by Gasteiger charge is 2.38. The van der Waals surface area contributed by atoms with E-state index in [1.807, 2.05) is 11.8 Å². The van der Waals surface area contributed by atoms with E-state index in [9.17, 15) is 14.4 Å². The summed E-state index contributed by atoms with van der Waals surface area (Å²) in [5.74, 6) is 1.36. The van der Waals surface area contributed by atoms with E-state index in [0.717, 1.165) is 18.4 Å². The fraction of sp³-hybridized carbons (Fsp3) is 0.357. The molecule has 39 heavy (non-hydrogen) atoms. The van der Waals surface area contributed by atoms with E-state index in [2.05, 4.69) is 26.0 Å². The zero-order valence-corrected chi connectivity index (χ0v) is 21.5. The fourth-order valence-corrected chi connectivity index (χ4v) is 5.40. The third-order valence-corrected chi connectivity index (χ3v) is 7.57. The van der Waals surface area contributed by atoms with Crippen LogP contribution in [0, 0.1) is 23.7 Å². The van der Waals surface area contributed by atoms with Crippen LogP contribution in [0.3, 0.4) is 0 Å². The second kappa shape index (κ2) is 9.61. The number of hydrogen-bond acceptors (Lipinski definition) is 8. The van der Waals surface area contributed by atoms with Crippen molar-refractivity contribution in [2.75, 3.05) is 24.5 Å². The predicted octanol–water partition coefficient (Wildman–Crippen LogP) is 4.06. The molecular formula is C28H25FN8O2. The molecule has 1 saturated heterocycles. The minimum absolute atomic E-state index is 0.00124. The van der Waals surface area contributed by atoms with Crippen LogP contribution in [-0.2, 0) is 7.05 Å². The van der Waals surface area contributed by atoms with Crippen LogP contribution >= 0.6 is 0 Å². The summed E-state index contributed by atoms with van der Waals surface area (Å²) in [6, 6.07) is 11.2. The highest BCUT2D eigenvalue weighted by molar-refractivity contribution is 5.92. The summed E-state index contributed by atoms with van der Waals surface area (Å²) in [4.78, 5) is 30.0. The first-order chi connectivity index (χ1) is 18.9. The average molecular weight is 525 g/mol. The van der Waals surface area contributed by atoms with E-state index >= 15 is 0 Å². The van der Waals surface area contributed by atoms with Crippen LogP contribution in [0.2, 0.25) is 0 Å². The summed E-state index contributed by atoms with van der Waals surface area (Å²) in [5, 5.41) is 14.2. The zero-order valence-electron chi connectivity index (χ0n) is 21.5. The number of anilines is 1. The van der Waals surface area contributed by atoms with Crippen LogP contribution in [-0.4, -0.2) is 50.3 Å². The van der Waals surface area contributed by atoms with Crippen LogP contribution < -0.4 is 10.5 Å². The number of nitriles is 1. The lowest BCUT2D eigenvalue weighted by molar-refractivity contribution is 0.127. The van der Waals surface area contributed by atoms with E-state index in [-0.39, 0.29) is 29.3 Å². The number of benzene rings is 1. The number of nitrogens with zero attached hydrogens (tertiary/aromatic N) is 8. The van der Waals surface area contributed by atoms with Crippen molar-refractivity contribution in [2.45, 2.75) is 37.8 Å². The number of pyridine rings is 2. The summed E-state index contributed by atoms with van der Waals surface area (Å²) in [6.07, 6.45) is 2.09. The Hall–Kier alpha value is -4.61. The summed E-state index contributed by atoms with van der Waals surface area (Å²) < 4.78 is 20.9. The van der Waals surface area contributed by atoms with Gasteiger partial charge in [-0.25, -0.2) is 4.39 Å². The molecule has 4 aromatic rings. The number of halogens is 1. The Morgan fingerprint density at radius 2 is 1.95 bits per heavy atom. The van der Waals surface area contributed by atoms with Crippen molar-refractivity contribution in [1.29, 1.82) is 5.26 Å². The molecule has 0 radical (unpaired) electrons. The standard InChI is InChI=1S/C28H25FN8O2/c1-16-15-36(25-20(14-30)28(38)35(3)21-10-11-22(31-2)32-23(21)25)12-13-37(16)24(17-6-8-19(29)9-7-17)27-33-26(34-39-27)18-4-5-18/h6-11,16,18,24H,4-5,12-13,15H2,1,3H3/t16-,24?/m1/s1. The number of piperazine rings is 1. The van der Waals surface area contributed by atoms with Gasteiger partial charge >= 0.3 is 0 Å². The molecular weight excluding hydrogens is 499 g/mol. The molecule has 3 aromatic heterocycles. The maximum Gasteiger partial charge on any atom is 0.271 e. The van der Waals surface area contributed by atoms with Crippen molar-refractivity contribution in [3.63, 3.8) is 0 Å². The first kappa shape index (κ1) is 24.7. The van der Waals surface area contributed by atoms with Crippen LogP contribution in [0.25, 0.3) is 15.9 Å². The van der Waals surface area contributed by atoms with Crippen LogP contribution in [0.1, 0.15) is 54.6 Å². The minimum atomic E-state index is -0.407. The number of aromatic nitrogens is 4. The Morgan fingerprint density at radius 3 is 2.62 bits per heavy atom. The molecule has 1 aliphatic carbocycles. The number of rotatable bonds is 5. The summed E-state index contributed by atoms with van der Waals surface area (Å²) in [7, 11) is 1.60. The highest BCUT2D eigenvalue weighted by Crippen LogP contribution is 2.40. The maximum absolute atomic E-state index is 13.8. The zero-order chi connectivity index (χ0) is 27.3. The van der Waals surface area contributed by atoms with Gasteiger partial charge in [-0.2, -0.15) is 10.2 Å². The summed E-state index contributed by atoms with van der Waals surface area (Å²) in [5.41, 5.74) is 1.88. The number of fused-ring (bicyclic) bond motifs is 1. The van der Waals surface area contributed by atoms with Gasteiger partial charge < -0.3 is 18.8 Å². The van der Waals surface area contributed by atoms with Crippen LogP contribution in [0.15, 0.2) is 45.7 Å². The van der Waals surface area contributed by atoms with Gasteiger partial charge in [0.05, 0.1) is 5.52 Å². The van der Waals surface area contributed by atoms with Crippen LogP contribution in [0.4, 0.5) is 15.9 Å². The summed E-state index contributed by atoms with van der Waals surface area (Å²) >= 11 is 0. The van der Waals surface area contributed by atoms with Gasteiger partial charge in [0.1, 0.15) is 29.2 Å². The van der Waals surface area contributed by atoms with Crippen molar-refractivity contribution >= 4 is 22.5 Å². The molecule has 1 aliphatic heterocycles. The van der Waals surface area contributed by atoms with Crippen molar-refractivity contribution in [3.05, 3.63) is 86.8 Å². The largest absolute Gasteiger partial charge is 0.364 e. The number of hydrogen-bond donors (Lipinski definition) is 0. The predicted molar refractivity (Wildman–Crippen MR) is 141 cm³/mol. The second-order valence-electron chi connectivity index (χ2n) is 10.1. The molecule has 2 fully saturated rings. The lowest BCUT2D eigenvalue weighted by atomic mass is 10.0. The Bertz CT molecular complexity index is 1710. The van der Waals surface area contributed by atoms with E-state index in [1.54, 1.807) is 31.3 Å². The molecule has 0 N–H and O–H groups in total. The van der Waals surface area contributed by atoms with Gasteiger partial charge in [0.15, 0.2) is 5.82 Å². The molecule has 2 aliphatic rings. The first-order valence-electron chi connectivity index (χ1n) is 12.8. The quantitative estimate of drug-likeness (QED) is 0.360. The van der Waals surface area contributed by atoms with E-state index in [4.69, 9.17) is 16.1 Å². The Morgan fingerprint density at radius 1 is 1.18 bits per heavy atom. The lowest BCUT2D eigenvalue weighted by Crippen LogP contribution is -2.53. The normalized spacial score (nSPS) is 18.6. The van der Waals surface area contributed by atoms with E-state index < -0.39 is 5.56 Å². The summed E-state index contributed by atoms with van der Waals surface area (Å²) in [6.45, 7) is 10.9. The lowest BCUT2D eigenvalue weighted by Gasteiger charge is -2.43. The molecule has 0 bridgehead atoms. The first-order valence-corrected chi connectivity index (χ1v) is 12.8. The molecule has 6 rings (SSSR count). The van der Waals surface area contributed by atoms with Gasteiger partial charge in [-0.3, -0.25) is 9.69 Å².